The minimum absolute atomic E-state index is 0.0826. The van der Waals surface area contributed by atoms with Gasteiger partial charge in [-0.05, 0) is 62.9 Å². The highest BCUT2D eigenvalue weighted by Crippen LogP contribution is 2.34. The highest BCUT2D eigenvalue weighted by atomic mass is 32.1. The largest absolute Gasteiger partial charge is 0.496 e. The SMILES string of the molecule is COc1ccccc1-c1nc(C(=O)NCCC2CCN(Cc3ccccc3)CC2)sc1C. The fourth-order valence-electron chi connectivity index (χ4n) is 4.32. The number of likely N-dealkylation sites (tertiary alicyclic amines) is 1. The predicted octanol–water partition coefficient (Wildman–Crippen LogP) is 5.16. The molecule has 1 aromatic heterocycles. The molecule has 1 aliphatic rings. The van der Waals surface area contributed by atoms with E-state index in [1.54, 1.807) is 7.11 Å². The number of hydrogen-bond acceptors (Lipinski definition) is 5. The first-order chi connectivity index (χ1) is 15.6. The smallest absolute Gasteiger partial charge is 0.280 e. The van der Waals surface area contributed by atoms with Gasteiger partial charge in [0.15, 0.2) is 5.01 Å². The lowest BCUT2D eigenvalue weighted by atomic mass is 9.93. The zero-order valence-electron chi connectivity index (χ0n) is 18.8. The second-order valence-corrected chi connectivity index (χ2v) is 9.58. The molecular formula is C26H31N3O2S. The van der Waals surface area contributed by atoms with Crippen molar-refractivity contribution in [2.24, 2.45) is 5.92 Å². The van der Waals surface area contributed by atoms with Gasteiger partial charge in [-0.2, -0.15) is 0 Å². The zero-order valence-corrected chi connectivity index (χ0v) is 19.7. The number of amides is 1. The molecule has 0 bridgehead atoms. The number of carbonyl (C=O) groups is 1. The number of piperidine rings is 1. The van der Waals surface area contributed by atoms with Crippen molar-refractivity contribution in [2.45, 2.75) is 32.7 Å². The van der Waals surface area contributed by atoms with E-state index in [1.807, 2.05) is 31.2 Å². The average Bonchev–Trinajstić information content (AvgIpc) is 3.22. The van der Waals surface area contributed by atoms with Gasteiger partial charge in [0.1, 0.15) is 5.75 Å². The molecule has 0 unspecified atom stereocenters. The van der Waals surface area contributed by atoms with Crippen LogP contribution in [0, 0.1) is 12.8 Å². The van der Waals surface area contributed by atoms with Crippen LogP contribution in [0.3, 0.4) is 0 Å². The molecule has 32 heavy (non-hydrogen) atoms. The Morgan fingerprint density at radius 2 is 1.84 bits per heavy atom. The second-order valence-electron chi connectivity index (χ2n) is 8.37. The van der Waals surface area contributed by atoms with Crippen LogP contribution in [0.4, 0.5) is 0 Å². The van der Waals surface area contributed by atoms with E-state index in [-0.39, 0.29) is 5.91 Å². The van der Waals surface area contributed by atoms with Gasteiger partial charge in [-0.1, -0.05) is 42.5 Å². The summed E-state index contributed by atoms with van der Waals surface area (Å²) in [6, 6.07) is 18.5. The first kappa shape index (κ1) is 22.5. The summed E-state index contributed by atoms with van der Waals surface area (Å²) in [5.41, 5.74) is 3.12. The summed E-state index contributed by atoms with van der Waals surface area (Å²) >= 11 is 1.44. The second kappa shape index (κ2) is 10.7. The molecule has 168 valence electrons. The quantitative estimate of drug-likeness (QED) is 0.516. The van der Waals surface area contributed by atoms with Gasteiger partial charge in [0.05, 0.1) is 12.8 Å². The molecule has 0 saturated carbocycles. The monoisotopic (exact) mass is 449 g/mol. The third-order valence-electron chi connectivity index (χ3n) is 6.15. The van der Waals surface area contributed by atoms with E-state index in [0.29, 0.717) is 17.5 Å². The predicted molar refractivity (Wildman–Crippen MR) is 130 cm³/mol. The fraction of sp³-hybridized carbons (Fsp3) is 0.385. The van der Waals surface area contributed by atoms with Crippen LogP contribution >= 0.6 is 11.3 Å². The van der Waals surface area contributed by atoms with Crippen molar-refractivity contribution in [3.63, 3.8) is 0 Å². The maximum Gasteiger partial charge on any atom is 0.280 e. The standard InChI is InChI=1S/C26H31N3O2S/c1-19-24(22-10-6-7-11-23(22)31-2)28-26(32-19)25(30)27-15-12-20-13-16-29(17-14-20)18-21-8-4-3-5-9-21/h3-11,20H,12-18H2,1-2H3,(H,27,30). The van der Waals surface area contributed by atoms with Crippen LogP contribution in [-0.2, 0) is 6.54 Å². The summed E-state index contributed by atoms with van der Waals surface area (Å²) in [5, 5.41) is 3.60. The Bertz CT molecular complexity index is 1030. The number of carbonyl (C=O) groups excluding carboxylic acids is 1. The van der Waals surface area contributed by atoms with Gasteiger partial charge in [-0.3, -0.25) is 9.69 Å². The van der Waals surface area contributed by atoms with Gasteiger partial charge in [-0.15, -0.1) is 11.3 Å². The summed E-state index contributed by atoms with van der Waals surface area (Å²) in [6.45, 7) is 5.98. The number of nitrogens with zero attached hydrogens (tertiary/aromatic N) is 2. The van der Waals surface area contributed by atoms with Crippen LogP contribution < -0.4 is 10.1 Å². The number of para-hydroxylation sites is 1. The van der Waals surface area contributed by atoms with Crippen LogP contribution in [0.15, 0.2) is 54.6 Å². The topological polar surface area (TPSA) is 54.5 Å². The minimum Gasteiger partial charge on any atom is -0.496 e. The molecule has 0 aliphatic carbocycles. The van der Waals surface area contributed by atoms with E-state index in [1.165, 1.54) is 29.7 Å². The number of benzene rings is 2. The Kier molecular flexibility index (Phi) is 7.55. The van der Waals surface area contributed by atoms with Crippen molar-refractivity contribution in [2.75, 3.05) is 26.7 Å². The van der Waals surface area contributed by atoms with Gasteiger partial charge in [0.25, 0.3) is 5.91 Å². The van der Waals surface area contributed by atoms with E-state index in [2.05, 4.69) is 45.5 Å². The van der Waals surface area contributed by atoms with Crippen molar-refractivity contribution in [3.05, 3.63) is 70.0 Å². The van der Waals surface area contributed by atoms with Gasteiger partial charge < -0.3 is 10.1 Å². The molecular weight excluding hydrogens is 418 g/mol. The van der Waals surface area contributed by atoms with Gasteiger partial charge in [0.2, 0.25) is 0 Å². The lowest BCUT2D eigenvalue weighted by molar-refractivity contribution is 0.0947. The van der Waals surface area contributed by atoms with Crippen LogP contribution in [0.5, 0.6) is 5.75 Å². The van der Waals surface area contributed by atoms with Gasteiger partial charge >= 0.3 is 0 Å². The maximum atomic E-state index is 12.7. The lowest BCUT2D eigenvalue weighted by Crippen LogP contribution is -2.34. The van der Waals surface area contributed by atoms with E-state index in [9.17, 15) is 4.79 Å². The highest BCUT2D eigenvalue weighted by molar-refractivity contribution is 7.14. The molecule has 4 rings (SSSR count). The Balaban J connectivity index is 1.24. The molecule has 1 saturated heterocycles. The Morgan fingerprint density at radius 1 is 1.12 bits per heavy atom. The normalized spacial score (nSPS) is 14.9. The molecule has 6 heteroatoms. The highest BCUT2D eigenvalue weighted by Gasteiger charge is 2.21. The third kappa shape index (κ3) is 5.56. The molecule has 3 aromatic rings. The van der Waals surface area contributed by atoms with Crippen molar-refractivity contribution < 1.29 is 9.53 Å². The summed E-state index contributed by atoms with van der Waals surface area (Å²) in [7, 11) is 1.65. The number of rotatable bonds is 8. The molecule has 0 spiro atoms. The number of thiazole rings is 1. The molecule has 2 heterocycles. The van der Waals surface area contributed by atoms with Crippen molar-refractivity contribution in [1.29, 1.82) is 0 Å². The molecule has 0 radical (unpaired) electrons. The molecule has 1 amide bonds. The van der Waals surface area contributed by atoms with Crippen molar-refractivity contribution in [3.8, 4) is 17.0 Å². The first-order valence-corrected chi connectivity index (χ1v) is 12.1. The third-order valence-corrected chi connectivity index (χ3v) is 7.12. The molecule has 1 fully saturated rings. The number of ether oxygens (including phenoxy) is 1. The molecule has 0 atom stereocenters. The first-order valence-electron chi connectivity index (χ1n) is 11.3. The number of aromatic nitrogens is 1. The van der Waals surface area contributed by atoms with Gasteiger partial charge in [-0.25, -0.2) is 4.98 Å². The van der Waals surface area contributed by atoms with Crippen LogP contribution in [0.1, 0.15) is 39.5 Å². The van der Waals surface area contributed by atoms with E-state index in [0.717, 1.165) is 47.9 Å². The van der Waals surface area contributed by atoms with E-state index < -0.39 is 0 Å². The molecule has 1 N–H and O–H groups in total. The van der Waals surface area contributed by atoms with Gasteiger partial charge in [0, 0.05) is 23.5 Å². The van der Waals surface area contributed by atoms with Crippen molar-refractivity contribution >= 4 is 17.2 Å². The zero-order chi connectivity index (χ0) is 22.3. The maximum absolute atomic E-state index is 12.7. The Labute approximate surface area is 194 Å². The van der Waals surface area contributed by atoms with Crippen LogP contribution in [-0.4, -0.2) is 42.5 Å². The molecule has 5 nitrogen and oxygen atoms in total. The van der Waals surface area contributed by atoms with Crippen LogP contribution in [0.2, 0.25) is 0 Å². The Morgan fingerprint density at radius 3 is 2.59 bits per heavy atom. The number of nitrogens with one attached hydrogen (secondary N) is 1. The average molecular weight is 450 g/mol. The number of aryl methyl sites for hydroxylation is 1. The lowest BCUT2D eigenvalue weighted by Gasteiger charge is -2.32. The van der Waals surface area contributed by atoms with Crippen molar-refractivity contribution in [1.82, 2.24) is 15.2 Å². The molecule has 1 aliphatic heterocycles. The minimum atomic E-state index is -0.0826. The summed E-state index contributed by atoms with van der Waals surface area (Å²) in [4.78, 5) is 20.9. The summed E-state index contributed by atoms with van der Waals surface area (Å²) in [5.74, 6) is 1.36. The Hall–Kier alpha value is -2.70. The van der Waals surface area contributed by atoms with E-state index >= 15 is 0 Å². The fourth-order valence-corrected chi connectivity index (χ4v) is 5.17. The number of hydrogen-bond donors (Lipinski definition) is 1. The summed E-state index contributed by atoms with van der Waals surface area (Å²) < 4.78 is 5.46. The molecule has 2 aromatic carbocycles. The number of methoxy groups -OCH3 is 1. The summed E-state index contributed by atoms with van der Waals surface area (Å²) in [6.07, 6.45) is 3.41. The van der Waals surface area contributed by atoms with E-state index in [4.69, 9.17) is 4.74 Å². The van der Waals surface area contributed by atoms with Crippen LogP contribution in [0.25, 0.3) is 11.3 Å².